The molecule has 3 nitrogen and oxygen atoms in total. The molecule has 0 fully saturated rings. The Bertz CT molecular complexity index is 623. The van der Waals surface area contributed by atoms with E-state index in [1.807, 2.05) is 31.3 Å². The van der Waals surface area contributed by atoms with E-state index in [2.05, 4.69) is 35.8 Å². The van der Waals surface area contributed by atoms with Gasteiger partial charge in [-0.05, 0) is 61.5 Å². The molecular formula is C17H20N2OS. The predicted molar refractivity (Wildman–Crippen MR) is 88.8 cm³/mol. The third-order valence-electron chi connectivity index (χ3n) is 3.09. The van der Waals surface area contributed by atoms with Gasteiger partial charge in [0.2, 0.25) is 5.91 Å². The summed E-state index contributed by atoms with van der Waals surface area (Å²) in [6.07, 6.45) is 0. The third-order valence-corrected chi connectivity index (χ3v) is 4.09. The quantitative estimate of drug-likeness (QED) is 0.882. The zero-order valence-corrected chi connectivity index (χ0v) is 13.4. The topological polar surface area (TPSA) is 41.1 Å². The fourth-order valence-electron chi connectivity index (χ4n) is 2.07. The van der Waals surface area contributed by atoms with E-state index in [4.69, 9.17) is 0 Å². The highest BCUT2D eigenvalue weighted by Gasteiger charge is 2.02. The molecule has 0 unspecified atom stereocenters. The van der Waals surface area contributed by atoms with Crippen LogP contribution in [0.5, 0.6) is 0 Å². The maximum absolute atomic E-state index is 11.0. The van der Waals surface area contributed by atoms with Crippen LogP contribution >= 0.6 is 11.8 Å². The van der Waals surface area contributed by atoms with E-state index in [-0.39, 0.29) is 5.91 Å². The monoisotopic (exact) mass is 300 g/mol. The molecular weight excluding hydrogens is 280 g/mol. The summed E-state index contributed by atoms with van der Waals surface area (Å²) in [5.74, 6) is -0.0499. The van der Waals surface area contributed by atoms with Crippen molar-refractivity contribution >= 4 is 23.4 Å². The van der Waals surface area contributed by atoms with Crippen LogP contribution in [0.2, 0.25) is 0 Å². The molecule has 0 saturated heterocycles. The number of hydrogen-bond acceptors (Lipinski definition) is 3. The van der Waals surface area contributed by atoms with Crippen LogP contribution in [-0.4, -0.2) is 13.0 Å². The summed E-state index contributed by atoms with van der Waals surface area (Å²) in [5, 5.41) is 5.95. The predicted octanol–water partition coefficient (Wildman–Crippen LogP) is 3.82. The van der Waals surface area contributed by atoms with E-state index >= 15 is 0 Å². The Morgan fingerprint density at radius 1 is 1.10 bits per heavy atom. The second kappa shape index (κ2) is 7.29. The molecule has 0 aliphatic carbocycles. The van der Waals surface area contributed by atoms with Crippen LogP contribution in [0.4, 0.5) is 5.69 Å². The molecule has 0 heterocycles. The molecule has 2 aromatic carbocycles. The lowest BCUT2D eigenvalue weighted by Gasteiger charge is -2.08. The molecule has 4 heteroatoms. The van der Waals surface area contributed by atoms with E-state index in [0.717, 1.165) is 17.1 Å². The van der Waals surface area contributed by atoms with Crippen LogP contribution in [0, 0.1) is 6.92 Å². The van der Waals surface area contributed by atoms with Crippen molar-refractivity contribution in [3.8, 4) is 0 Å². The number of aryl methyl sites for hydroxylation is 1. The van der Waals surface area contributed by atoms with E-state index in [1.165, 1.54) is 22.9 Å². The van der Waals surface area contributed by atoms with Gasteiger partial charge in [0.15, 0.2) is 0 Å². The lowest BCUT2D eigenvalue weighted by Crippen LogP contribution is -2.06. The normalized spacial score (nSPS) is 10.4. The fourth-order valence-corrected chi connectivity index (χ4v) is 2.98. The summed E-state index contributed by atoms with van der Waals surface area (Å²) in [4.78, 5) is 13.4. The zero-order chi connectivity index (χ0) is 15.2. The first-order valence-corrected chi connectivity index (χ1v) is 7.70. The van der Waals surface area contributed by atoms with E-state index in [0.29, 0.717) is 0 Å². The summed E-state index contributed by atoms with van der Waals surface area (Å²) in [6, 6.07) is 14.4. The summed E-state index contributed by atoms with van der Waals surface area (Å²) >= 11 is 1.72. The minimum Gasteiger partial charge on any atom is -0.326 e. The van der Waals surface area contributed by atoms with Gasteiger partial charge in [0, 0.05) is 28.9 Å². The second-order valence-electron chi connectivity index (χ2n) is 4.93. The molecule has 0 aliphatic rings. The Morgan fingerprint density at radius 2 is 1.76 bits per heavy atom. The molecule has 0 spiro atoms. The highest BCUT2D eigenvalue weighted by molar-refractivity contribution is 7.99. The van der Waals surface area contributed by atoms with Gasteiger partial charge in [-0.2, -0.15) is 0 Å². The maximum atomic E-state index is 11.0. The smallest absolute Gasteiger partial charge is 0.221 e. The minimum absolute atomic E-state index is 0.0499. The van der Waals surface area contributed by atoms with Gasteiger partial charge in [0.05, 0.1) is 0 Å². The SMILES string of the molecule is CNCc1ccc(Sc2ccc(NC(C)=O)cc2)cc1C. The molecule has 0 aliphatic heterocycles. The number of hydrogen-bond donors (Lipinski definition) is 2. The molecule has 21 heavy (non-hydrogen) atoms. The van der Waals surface area contributed by atoms with Gasteiger partial charge in [0.25, 0.3) is 0 Å². The van der Waals surface area contributed by atoms with Crippen LogP contribution < -0.4 is 10.6 Å². The first-order valence-electron chi connectivity index (χ1n) is 6.88. The number of carbonyl (C=O) groups is 1. The number of anilines is 1. The average molecular weight is 300 g/mol. The van der Waals surface area contributed by atoms with Crippen molar-refractivity contribution in [2.24, 2.45) is 0 Å². The molecule has 110 valence electrons. The van der Waals surface area contributed by atoms with Crippen LogP contribution in [0.25, 0.3) is 0 Å². The van der Waals surface area contributed by atoms with Gasteiger partial charge < -0.3 is 10.6 Å². The van der Waals surface area contributed by atoms with Crippen molar-refractivity contribution in [3.63, 3.8) is 0 Å². The van der Waals surface area contributed by atoms with Crippen LogP contribution in [0.1, 0.15) is 18.1 Å². The summed E-state index contributed by atoms with van der Waals surface area (Å²) in [6.45, 7) is 4.54. The first-order chi connectivity index (χ1) is 10.1. The van der Waals surface area contributed by atoms with Crippen LogP contribution in [0.15, 0.2) is 52.3 Å². The van der Waals surface area contributed by atoms with Crippen molar-refractivity contribution in [3.05, 3.63) is 53.6 Å². The summed E-state index contributed by atoms with van der Waals surface area (Å²) in [7, 11) is 1.96. The van der Waals surface area contributed by atoms with Crippen LogP contribution in [-0.2, 0) is 11.3 Å². The van der Waals surface area contributed by atoms with Crippen molar-refractivity contribution in [1.29, 1.82) is 0 Å². The van der Waals surface area contributed by atoms with E-state index in [9.17, 15) is 4.79 Å². The largest absolute Gasteiger partial charge is 0.326 e. The Morgan fingerprint density at radius 3 is 2.33 bits per heavy atom. The molecule has 0 atom stereocenters. The van der Waals surface area contributed by atoms with Crippen molar-refractivity contribution in [1.82, 2.24) is 5.32 Å². The molecule has 0 saturated carbocycles. The standard InChI is InChI=1S/C17H20N2OS/c1-12-10-17(7-4-14(12)11-18-3)21-16-8-5-15(6-9-16)19-13(2)20/h4-10,18H,11H2,1-3H3,(H,19,20). The fraction of sp³-hybridized carbons (Fsp3) is 0.235. The van der Waals surface area contributed by atoms with Crippen LogP contribution in [0.3, 0.4) is 0 Å². The summed E-state index contributed by atoms with van der Waals surface area (Å²) < 4.78 is 0. The van der Waals surface area contributed by atoms with Gasteiger partial charge in [-0.15, -0.1) is 0 Å². The molecule has 0 bridgehead atoms. The Kier molecular flexibility index (Phi) is 5.42. The van der Waals surface area contributed by atoms with E-state index in [1.54, 1.807) is 11.8 Å². The minimum atomic E-state index is -0.0499. The van der Waals surface area contributed by atoms with Crippen molar-refractivity contribution in [2.45, 2.75) is 30.2 Å². The Labute approximate surface area is 130 Å². The number of amides is 1. The van der Waals surface area contributed by atoms with Gasteiger partial charge in [-0.3, -0.25) is 4.79 Å². The average Bonchev–Trinajstić information content (AvgIpc) is 2.44. The van der Waals surface area contributed by atoms with Gasteiger partial charge in [0.1, 0.15) is 0 Å². The van der Waals surface area contributed by atoms with Gasteiger partial charge in [-0.1, -0.05) is 17.8 Å². The third kappa shape index (κ3) is 4.62. The molecule has 2 rings (SSSR count). The lowest BCUT2D eigenvalue weighted by atomic mass is 10.1. The highest BCUT2D eigenvalue weighted by Crippen LogP contribution is 2.29. The van der Waals surface area contributed by atoms with Crippen molar-refractivity contribution < 1.29 is 4.79 Å². The molecule has 1 amide bonds. The second-order valence-corrected chi connectivity index (χ2v) is 6.07. The lowest BCUT2D eigenvalue weighted by molar-refractivity contribution is -0.114. The zero-order valence-electron chi connectivity index (χ0n) is 12.6. The first kappa shape index (κ1) is 15.6. The van der Waals surface area contributed by atoms with Gasteiger partial charge in [-0.25, -0.2) is 0 Å². The maximum Gasteiger partial charge on any atom is 0.221 e. The van der Waals surface area contributed by atoms with Crippen molar-refractivity contribution in [2.75, 3.05) is 12.4 Å². The molecule has 2 aromatic rings. The van der Waals surface area contributed by atoms with Gasteiger partial charge >= 0.3 is 0 Å². The number of nitrogens with one attached hydrogen (secondary N) is 2. The Hall–Kier alpha value is -1.78. The highest BCUT2D eigenvalue weighted by atomic mass is 32.2. The molecule has 0 aromatic heterocycles. The number of carbonyl (C=O) groups excluding carboxylic acids is 1. The number of rotatable bonds is 5. The summed E-state index contributed by atoms with van der Waals surface area (Å²) in [5.41, 5.74) is 3.44. The Balaban J connectivity index is 2.07. The number of benzene rings is 2. The molecule has 2 N–H and O–H groups in total. The van der Waals surface area contributed by atoms with E-state index < -0.39 is 0 Å². The molecule has 0 radical (unpaired) electrons.